The molecule has 2 unspecified atom stereocenters. The second-order valence-corrected chi connectivity index (χ2v) is 7.85. The Bertz CT molecular complexity index is 662. The van der Waals surface area contributed by atoms with Crippen molar-refractivity contribution in [1.82, 2.24) is 9.62 Å². The van der Waals surface area contributed by atoms with Gasteiger partial charge in [0, 0.05) is 24.7 Å². The Hall–Kier alpha value is -1.31. The van der Waals surface area contributed by atoms with Gasteiger partial charge in [0.25, 0.3) is 0 Å². The van der Waals surface area contributed by atoms with Crippen molar-refractivity contribution < 1.29 is 17.9 Å². The molecule has 6 nitrogen and oxygen atoms in total. The molecule has 3 rings (SSSR count). The minimum absolute atomic E-state index is 0.00611. The molecule has 2 aliphatic heterocycles. The summed E-state index contributed by atoms with van der Waals surface area (Å²) in [5.74, 6) is 0.937. The predicted molar refractivity (Wildman–Crippen MR) is 87.5 cm³/mol. The maximum Gasteiger partial charge on any atom is 0.241 e. The Kier molecular flexibility index (Phi) is 4.79. The normalized spacial score (nSPS) is 25.1. The topological polar surface area (TPSA) is 67.9 Å². The van der Waals surface area contributed by atoms with E-state index >= 15 is 0 Å². The van der Waals surface area contributed by atoms with Crippen LogP contribution in [-0.4, -0.2) is 52.7 Å². The third kappa shape index (κ3) is 3.32. The molecule has 0 spiro atoms. The molecule has 2 fully saturated rings. The van der Waals surface area contributed by atoms with Crippen LogP contribution >= 0.6 is 0 Å². The number of nitrogens with zero attached hydrogens (tertiary/aromatic N) is 1. The van der Waals surface area contributed by atoms with Gasteiger partial charge in [-0.25, -0.2) is 13.1 Å². The molecule has 2 atom stereocenters. The van der Waals surface area contributed by atoms with E-state index in [1.54, 1.807) is 12.1 Å². The molecule has 128 valence electrons. The summed E-state index contributed by atoms with van der Waals surface area (Å²) >= 11 is 0. The lowest BCUT2D eigenvalue weighted by atomic mass is 10.00. The maximum atomic E-state index is 12.7. The summed E-state index contributed by atoms with van der Waals surface area (Å²) in [5, 5.41) is 0. The number of rotatable bonds is 5. The second kappa shape index (κ2) is 6.67. The van der Waals surface area contributed by atoms with Gasteiger partial charge in [0.15, 0.2) is 11.5 Å². The van der Waals surface area contributed by atoms with Crippen LogP contribution in [0.25, 0.3) is 0 Å². The average molecular weight is 340 g/mol. The first-order valence-electron chi connectivity index (χ1n) is 8.03. The summed E-state index contributed by atoms with van der Waals surface area (Å²) in [6.45, 7) is 2.06. The zero-order valence-electron chi connectivity index (χ0n) is 13.6. The molecule has 1 aromatic rings. The van der Waals surface area contributed by atoms with Crippen molar-refractivity contribution in [2.45, 2.75) is 42.7 Å². The number of benzene rings is 1. The van der Waals surface area contributed by atoms with Crippen LogP contribution in [0.15, 0.2) is 23.1 Å². The van der Waals surface area contributed by atoms with E-state index in [1.807, 2.05) is 0 Å². The van der Waals surface area contributed by atoms with Crippen molar-refractivity contribution in [1.29, 1.82) is 0 Å². The van der Waals surface area contributed by atoms with Crippen molar-refractivity contribution >= 4 is 10.0 Å². The number of hydrogen-bond acceptors (Lipinski definition) is 5. The minimum atomic E-state index is -3.56. The van der Waals surface area contributed by atoms with Crippen LogP contribution in [0.4, 0.5) is 0 Å². The largest absolute Gasteiger partial charge is 0.493 e. The van der Waals surface area contributed by atoms with Crippen molar-refractivity contribution in [3.63, 3.8) is 0 Å². The molecule has 7 heteroatoms. The van der Waals surface area contributed by atoms with E-state index in [9.17, 15) is 8.42 Å². The van der Waals surface area contributed by atoms with Gasteiger partial charge in [-0.05, 0) is 37.9 Å². The fourth-order valence-corrected chi connectivity index (χ4v) is 4.95. The third-order valence-electron chi connectivity index (χ3n) is 4.83. The highest BCUT2D eigenvalue weighted by Crippen LogP contribution is 2.31. The Morgan fingerprint density at radius 2 is 1.87 bits per heavy atom. The highest BCUT2D eigenvalue weighted by Gasteiger charge is 2.37. The third-order valence-corrected chi connectivity index (χ3v) is 6.32. The number of sulfonamides is 1. The summed E-state index contributed by atoms with van der Waals surface area (Å²) in [5.41, 5.74) is 0. The summed E-state index contributed by atoms with van der Waals surface area (Å²) in [4.78, 5) is 2.62. The number of hydrogen-bond donors (Lipinski definition) is 1. The monoisotopic (exact) mass is 340 g/mol. The van der Waals surface area contributed by atoms with Gasteiger partial charge in [-0.3, -0.25) is 4.90 Å². The van der Waals surface area contributed by atoms with Crippen LogP contribution in [-0.2, 0) is 10.0 Å². The van der Waals surface area contributed by atoms with Gasteiger partial charge in [0.05, 0.1) is 19.1 Å². The van der Waals surface area contributed by atoms with E-state index in [1.165, 1.54) is 33.1 Å². The van der Waals surface area contributed by atoms with Crippen molar-refractivity contribution in [2.75, 3.05) is 27.3 Å². The number of nitrogens with one attached hydrogen (secondary N) is 1. The van der Waals surface area contributed by atoms with Gasteiger partial charge in [-0.15, -0.1) is 0 Å². The molecule has 2 heterocycles. The molecule has 0 aliphatic carbocycles. The summed E-state index contributed by atoms with van der Waals surface area (Å²) in [6.07, 6.45) is 4.33. The molecule has 1 N–H and O–H groups in total. The predicted octanol–water partition coefficient (Wildman–Crippen LogP) is 1.61. The van der Waals surface area contributed by atoms with E-state index < -0.39 is 10.0 Å². The summed E-state index contributed by atoms with van der Waals surface area (Å²) in [6, 6.07) is 5.01. The second-order valence-electron chi connectivity index (χ2n) is 6.13. The van der Waals surface area contributed by atoms with E-state index in [0.717, 1.165) is 25.9 Å². The van der Waals surface area contributed by atoms with E-state index in [-0.39, 0.29) is 10.9 Å². The van der Waals surface area contributed by atoms with Crippen molar-refractivity contribution in [3.05, 3.63) is 18.2 Å². The first-order chi connectivity index (χ1) is 11.0. The van der Waals surface area contributed by atoms with Crippen LogP contribution < -0.4 is 14.2 Å². The van der Waals surface area contributed by atoms with Gasteiger partial charge >= 0.3 is 0 Å². The standard InChI is InChI=1S/C16H24N2O4S/c1-21-15-7-6-12(11-16(15)22-2)23(19,20)17-13-8-10-18-9-4-3-5-14(13)18/h6-7,11,13-14,17H,3-5,8-10H2,1-2H3. The lowest BCUT2D eigenvalue weighted by Gasteiger charge is -2.32. The zero-order chi connectivity index (χ0) is 16.4. The summed E-state index contributed by atoms with van der Waals surface area (Å²) in [7, 11) is -0.537. The van der Waals surface area contributed by atoms with Crippen LogP contribution in [0.3, 0.4) is 0 Å². The minimum Gasteiger partial charge on any atom is -0.493 e. The molecular formula is C16H24N2O4S. The highest BCUT2D eigenvalue weighted by atomic mass is 32.2. The molecule has 0 aromatic heterocycles. The molecule has 23 heavy (non-hydrogen) atoms. The highest BCUT2D eigenvalue weighted by molar-refractivity contribution is 7.89. The van der Waals surface area contributed by atoms with E-state index in [2.05, 4.69) is 9.62 Å². The van der Waals surface area contributed by atoms with Crippen LogP contribution in [0, 0.1) is 0 Å². The van der Waals surface area contributed by atoms with Gasteiger partial charge < -0.3 is 9.47 Å². The lowest BCUT2D eigenvalue weighted by Crippen LogP contribution is -2.46. The Labute approximate surface area is 137 Å². The molecular weight excluding hydrogens is 316 g/mol. The molecule has 1 aromatic carbocycles. The van der Waals surface area contributed by atoms with Crippen LogP contribution in [0.2, 0.25) is 0 Å². The maximum absolute atomic E-state index is 12.7. The van der Waals surface area contributed by atoms with Gasteiger partial charge in [-0.2, -0.15) is 0 Å². The van der Waals surface area contributed by atoms with Gasteiger partial charge in [0.2, 0.25) is 10.0 Å². The Morgan fingerprint density at radius 3 is 2.61 bits per heavy atom. The fraction of sp³-hybridized carbons (Fsp3) is 0.625. The first-order valence-corrected chi connectivity index (χ1v) is 9.52. The summed E-state index contributed by atoms with van der Waals surface area (Å²) < 4.78 is 38.7. The van der Waals surface area contributed by atoms with E-state index in [0.29, 0.717) is 17.5 Å². The van der Waals surface area contributed by atoms with Crippen LogP contribution in [0.1, 0.15) is 25.7 Å². The lowest BCUT2D eigenvalue weighted by molar-refractivity contribution is 0.186. The quantitative estimate of drug-likeness (QED) is 0.882. The van der Waals surface area contributed by atoms with Crippen LogP contribution in [0.5, 0.6) is 11.5 Å². The first kappa shape index (κ1) is 16.5. The van der Waals surface area contributed by atoms with Crippen molar-refractivity contribution in [2.24, 2.45) is 0 Å². The average Bonchev–Trinajstić information content (AvgIpc) is 2.96. The van der Waals surface area contributed by atoms with Crippen molar-refractivity contribution in [3.8, 4) is 11.5 Å². The molecule has 0 bridgehead atoms. The zero-order valence-corrected chi connectivity index (χ0v) is 14.4. The molecule has 0 saturated carbocycles. The SMILES string of the molecule is COc1ccc(S(=O)(=O)NC2CCN3CCCCC23)cc1OC. The number of fused-ring (bicyclic) bond motifs is 1. The molecule has 2 saturated heterocycles. The molecule has 0 radical (unpaired) electrons. The number of ether oxygens (including phenoxy) is 2. The Morgan fingerprint density at radius 1 is 1.09 bits per heavy atom. The number of methoxy groups -OCH3 is 2. The fourth-order valence-electron chi connectivity index (χ4n) is 3.64. The van der Waals surface area contributed by atoms with Gasteiger partial charge in [0.1, 0.15) is 0 Å². The molecule has 2 aliphatic rings. The number of piperidine rings is 1. The van der Waals surface area contributed by atoms with Gasteiger partial charge in [-0.1, -0.05) is 6.42 Å². The Balaban J connectivity index is 1.79. The molecule has 0 amide bonds. The smallest absolute Gasteiger partial charge is 0.241 e. The van der Waals surface area contributed by atoms with E-state index in [4.69, 9.17) is 9.47 Å².